The van der Waals surface area contributed by atoms with Crippen molar-refractivity contribution in [2.45, 2.75) is 90.8 Å². The first-order valence-corrected chi connectivity index (χ1v) is 14.8. The molecule has 0 aliphatic carbocycles. The molecule has 1 heterocycles. The van der Waals surface area contributed by atoms with E-state index in [1.807, 2.05) is 24.3 Å². The molecule has 0 aromatic heterocycles. The molecule has 0 saturated carbocycles. The Morgan fingerprint density at radius 3 is 2.24 bits per heavy atom. The van der Waals surface area contributed by atoms with Crippen molar-refractivity contribution in [1.82, 2.24) is 10.2 Å². The molecule has 3 amide bonds. The van der Waals surface area contributed by atoms with Crippen molar-refractivity contribution in [1.29, 1.82) is 0 Å². The molecule has 8 nitrogen and oxygen atoms in total. The second-order valence-electron chi connectivity index (χ2n) is 11.3. The molecule has 2 rings (SSSR count). The summed E-state index contributed by atoms with van der Waals surface area (Å²) in [6.45, 7) is 17.2. The molecule has 0 unspecified atom stereocenters. The lowest BCUT2D eigenvalue weighted by atomic mass is 10.2. The number of hydrogen-bond donors (Lipinski definition) is 2. The summed E-state index contributed by atoms with van der Waals surface area (Å²) in [4.78, 5) is 38.8. The summed E-state index contributed by atoms with van der Waals surface area (Å²) in [5.41, 5.74) is 1.08. The molecule has 1 aromatic rings. The van der Waals surface area contributed by atoms with E-state index in [1.54, 1.807) is 20.8 Å². The first-order chi connectivity index (χ1) is 15.6. The maximum absolute atomic E-state index is 12.9. The summed E-state index contributed by atoms with van der Waals surface area (Å²) in [5, 5.41) is 5.53. The van der Waals surface area contributed by atoms with Gasteiger partial charge >= 0.3 is 6.09 Å². The highest BCUT2D eigenvalue weighted by Crippen LogP contribution is 2.37. The Kier molecular flexibility index (Phi) is 8.93. The van der Waals surface area contributed by atoms with E-state index in [9.17, 15) is 14.4 Å². The van der Waals surface area contributed by atoms with Gasteiger partial charge in [0.1, 0.15) is 18.2 Å². The number of nitrogens with one attached hydrogen (secondary N) is 2. The monoisotopic (exact) mass is 491 g/mol. The van der Waals surface area contributed by atoms with Crippen molar-refractivity contribution >= 4 is 31.9 Å². The van der Waals surface area contributed by atoms with Crippen LogP contribution in [0.3, 0.4) is 0 Å². The molecular formula is C25H41N3O5Si. The molecule has 0 bridgehead atoms. The van der Waals surface area contributed by atoms with E-state index in [-0.39, 0.29) is 23.4 Å². The maximum Gasteiger partial charge on any atom is 0.408 e. The quantitative estimate of drug-likeness (QED) is 0.541. The maximum atomic E-state index is 12.9. The summed E-state index contributed by atoms with van der Waals surface area (Å²) in [6.07, 6.45) is 0.668. The number of rotatable bonds is 7. The van der Waals surface area contributed by atoms with Gasteiger partial charge in [0.05, 0.1) is 6.61 Å². The second-order valence-corrected chi connectivity index (χ2v) is 16.1. The number of hydrogen-bond acceptors (Lipinski definition) is 5. The number of carbonyl (C=O) groups excluding carboxylic acids is 3. The van der Waals surface area contributed by atoms with Crippen LogP contribution in [-0.2, 0) is 25.4 Å². The average Bonchev–Trinajstić information content (AvgIpc) is 3.19. The highest BCUT2D eigenvalue weighted by molar-refractivity contribution is 6.74. The number of anilines is 1. The molecule has 1 fully saturated rings. The zero-order valence-electron chi connectivity index (χ0n) is 21.9. The highest BCUT2D eigenvalue weighted by Gasteiger charge is 2.37. The SMILES string of the molecule is CC(C)(C)OC(=O)NCC(=O)N1CCC[C@H]1C(=O)Nc1ccc(CO[Si](C)(C)C(C)(C)C)cc1. The van der Waals surface area contributed by atoms with Crippen LogP contribution in [0.2, 0.25) is 18.1 Å². The van der Waals surface area contributed by atoms with Crippen LogP contribution in [0.5, 0.6) is 0 Å². The molecular weight excluding hydrogens is 450 g/mol. The van der Waals surface area contributed by atoms with Gasteiger partial charge in [-0.1, -0.05) is 32.9 Å². The van der Waals surface area contributed by atoms with Gasteiger partial charge in [-0.05, 0) is 69.4 Å². The Labute approximate surface area is 204 Å². The van der Waals surface area contributed by atoms with E-state index in [2.05, 4.69) is 44.5 Å². The summed E-state index contributed by atoms with van der Waals surface area (Å²) in [6, 6.07) is 7.05. The Balaban J connectivity index is 1.89. The predicted octanol–water partition coefficient (Wildman–Crippen LogP) is 4.66. The van der Waals surface area contributed by atoms with Crippen molar-refractivity contribution < 1.29 is 23.5 Å². The highest BCUT2D eigenvalue weighted by atomic mass is 28.4. The lowest BCUT2D eigenvalue weighted by molar-refractivity contribution is -0.135. The van der Waals surface area contributed by atoms with Crippen molar-refractivity contribution in [3.8, 4) is 0 Å². The third-order valence-corrected chi connectivity index (χ3v) is 10.8. The molecule has 34 heavy (non-hydrogen) atoms. The Morgan fingerprint density at radius 1 is 1.06 bits per heavy atom. The molecule has 1 atom stereocenters. The van der Waals surface area contributed by atoms with Crippen molar-refractivity contribution in [2.24, 2.45) is 0 Å². The van der Waals surface area contributed by atoms with Gasteiger partial charge in [-0.2, -0.15) is 0 Å². The Hall–Kier alpha value is -2.39. The van der Waals surface area contributed by atoms with Gasteiger partial charge in [0.15, 0.2) is 8.32 Å². The number of alkyl carbamates (subject to hydrolysis) is 1. The Morgan fingerprint density at radius 2 is 1.68 bits per heavy atom. The van der Waals surface area contributed by atoms with Gasteiger partial charge < -0.3 is 24.7 Å². The summed E-state index contributed by atoms with van der Waals surface area (Å²) in [5.74, 6) is -0.532. The van der Waals surface area contributed by atoms with E-state index in [0.717, 1.165) is 12.0 Å². The largest absolute Gasteiger partial charge is 0.444 e. The van der Waals surface area contributed by atoms with Crippen molar-refractivity contribution in [2.75, 3.05) is 18.4 Å². The first kappa shape index (κ1) is 27.8. The minimum absolute atomic E-state index is 0.147. The van der Waals surface area contributed by atoms with Crippen LogP contribution in [0.15, 0.2) is 24.3 Å². The number of benzene rings is 1. The number of likely N-dealkylation sites (tertiary alicyclic amines) is 1. The number of ether oxygens (including phenoxy) is 1. The van der Waals surface area contributed by atoms with E-state index in [0.29, 0.717) is 25.3 Å². The zero-order valence-corrected chi connectivity index (χ0v) is 22.9. The molecule has 1 saturated heterocycles. The van der Waals surface area contributed by atoms with E-state index >= 15 is 0 Å². The lowest BCUT2D eigenvalue weighted by Gasteiger charge is -2.36. The lowest BCUT2D eigenvalue weighted by Crippen LogP contribution is -2.47. The van der Waals surface area contributed by atoms with Crippen LogP contribution in [0.4, 0.5) is 10.5 Å². The fourth-order valence-corrected chi connectivity index (χ4v) is 4.25. The average molecular weight is 492 g/mol. The molecule has 1 aliphatic rings. The van der Waals surface area contributed by atoms with Gasteiger partial charge in [0, 0.05) is 12.2 Å². The van der Waals surface area contributed by atoms with Crippen LogP contribution in [-0.4, -0.2) is 55.9 Å². The number of nitrogens with zero attached hydrogens (tertiary/aromatic N) is 1. The summed E-state index contributed by atoms with van der Waals surface area (Å²) < 4.78 is 11.4. The van der Waals surface area contributed by atoms with Crippen LogP contribution < -0.4 is 10.6 Å². The zero-order chi connectivity index (χ0) is 25.7. The summed E-state index contributed by atoms with van der Waals surface area (Å²) in [7, 11) is -1.83. The first-order valence-electron chi connectivity index (χ1n) is 11.9. The molecule has 0 spiro atoms. The minimum Gasteiger partial charge on any atom is -0.444 e. The van der Waals surface area contributed by atoms with Crippen LogP contribution >= 0.6 is 0 Å². The molecule has 1 aromatic carbocycles. The van der Waals surface area contributed by atoms with Crippen LogP contribution in [0, 0.1) is 0 Å². The fraction of sp³-hybridized carbons (Fsp3) is 0.640. The molecule has 190 valence electrons. The smallest absolute Gasteiger partial charge is 0.408 e. The van der Waals surface area contributed by atoms with E-state index in [1.165, 1.54) is 4.90 Å². The topological polar surface area (TPSA) is 97.0 Å². The third kappa shape index (κ3) is 8.13. The molecule has 2 N–H and O–H groups in total. The van der Waals surface area contributed by atoms with E-state index in [4.69, 9.17) is 9.16 Å². The molecule has 9 heteroatoms. The third-order valence-electron chi connectivity index (χ3n) is 6.29. The van der Waals surface area contributed by atoms with Gasteiger partial charge in [-0.3, -0.25) is 9.59 Å². The van der Waals surface area contributed by atoms with Gasteiger partial charge in [-0.15, -0.1) is 0 Å². The molecule has 1 aliphatic heterocycles. The van der Waals surface area contributed by atoms with Gasteiger partial charge in [0.25, 0.3) is 0 Å². The fourth-order valence-electron chi connectivity index (χ4n) is 3.29. The van der Waals surface area contributed by atoms with Gasteiger partial charge in [-0.25, -0.2) is 4.79 Å². The van der Waals surface area contributed by atoms with Crippen LogP contribution in [0.1, 0.15) is 59.9 Å². The second kappa shape index (κ2) is 10.9. The van der Waals surface area contributed by atoms with Gasteiger partial charge in [0.2, 0.25) is 11.8 Å². The standard InChI is InChI=1S/C25H41N3O5Si/c1-24(2,3)33-23(31)26-16-21(29)28-15-9-10-20(28)22(30)27-19-13-11-18(12-14-19)17-32-34(7,8)25(4,5)6/h11-14,20H,9-10,15-17H2,1-8H3,(H,26,31)(H,27,30)/t20-/m0/s1. The molecule has 0 radical (unpaired) electrons. The number of amides is 3. The Bertz CT molecular complexity index is 872. The summed E-state index contributed by atoms with van der Waals surface area (Å²) >= 11 is 0. The number of carbonyl (C=O) groups is 3. The predicted molar refractivity (Wildman–Crippen MR) is 136 cm³/mol. The normalized spacial score (nSPS) is 16.8. The minimum atomic E-state index is -1.83. The van der Waals surface area contributed by atoms with Crippen molar-refractivity contribution in [3.63, 3.8) is 0 Å². The van der Waals surface area contributed by atoms with E-state index < -0.39 is 26.1 Å². The van der Waals surface area contributed by atoms with Crippen LogP contribution in [0.25, 0.3) is 0 Å². The van der Waals surface area contributed by atoms with Crippen molar-refractivity contribution in [3.05, 3.63) is 29.8 Å².